The molecule has 0 bridgehead atoms. The van der Waals surface area contributed by atoms with Crippen LogP contribution < -0.4 is 0 Å². The second-order valence-electron chi connectivity index (χ2n) is 2.36. The smallest absolute Gasteiger partial charge is 0.101 e. The van der Waals surface area contributed by atoms with Gasteiger partial charge in [0.1, 0.15) is 6.17 Å². The molecular formula is C6H10BrF. The molecule has 1 fully saturated rings. The summed E-state index contributed by atoms with van der Waals surface area (Å²) in [5.41, 5.74) is 0. The molecule has 0 aliphatic heterocycles. The molecule has 0 aromatic heterocycles. The van der Waals surface area contributed by atoms with E-state index in [9.17, 15) is 4.39 Å². The van der Waals surface area contributed by atoms with E-state index in [1.165, 1.54) is 0 Å². The number of halogens is 2. The van der Waals surface area contributed by atoms with E-state index in [-0.39, 0.29) is 0 Å². The minimum atomic E-state index is -0.534. The summed E-state index contributed by atoms with van der Waals surface area (Å²) in [6.07, 6.45) is 3.17. The van der Waals surface area contributed by atoms with Gasteiger partial charge >= 0.3 is 0 Å². The lowest BCUT2D eigenvalue weighted by Crippen LogP contribution is -2.15. The van der Waals surface area contributed by atoms with Crippen LogP contribution in [-0.2, 0) is 0 Å². The Morgan fingerprint density at radius 3 is 2.50 bits per heavy atom. The van der Waals surface area contributed by atoms with Crippen LogP contribution >= 0.6 is 15.9 Å². The van der Waals surface area contributed by atoms with Crippen LogP contribution in [0.3, 0.4) is 0 Å². The molecule has 48 valence electrons. The van der Waals surface area contributed by atoms with E-state index in [0.29, 0.717) is 4.83 Å². The van der Waals surface area contributed by atoms with Crippen LogP contribution in [0.5, 0.6) is 0 Å². The first-order chi connectivity index (χ1) is 3.79. The predicted octanol–water partition coefficient (Wildman–Crippen LogP) is 2.66. The largest absolute Gasteiger partial charge is 0.247 e. The average Bonchev–Trinajstić information content (AvgIpc) is 1.64. The molecule has 0 radical (unpaired) electrons. The van der Waals surface area contributed by atoms with Crippen LogP contribution in [0, 0.1) is 0 Å². The van der Waals surface area contributed by atoms with E-state index in [1.54, 1.807) is 0 Å². The summed E-state index contributed by atoms with van der Waals surface area (Å²) >= 11 is 3.39. The summed E-state index contributed by atoms with van der Waals surface area (Å²) in [7, 11) is 0. The minimum Gasteiger partial charge on any atom is -0.247 e. The monoisotopic (exact) mass is 180 g/mol. The fraction of sp³-hybridized carbons (Fsp3) is 1.00. The number of hydrogen-bond acceptors (Lipinski definition) is 0. The Bertz CT molecular complexity index is 66.9. The first kappa shape index (κ1) is 6.53. The molecule has 2 atom stereocenters. The summed E-state index contributed by atoms with van der Waals surface area (Å²) < 4.78 is 12.4. The van der Waals surface area contributed by atoms with Gasteiger partial charge in [0.05, 0.1) is 0 Å². The molecule has 0 aromatic rings. The molecule has 8 heavy (non-hydrogen) atoms. The number of hydrogen-bond donors (Lipinski definition) is 0. The molecule has 0 amide bonds. The zero-order valence-electron chi connectivity index (χ0n) is 4.74. The lowest BCUT2D eigenvalue weighted by atomic mass is 9.99. The molecule has 1 aliphatic carbocycles. The van der Waals surface area contributed by atoms with Crippen LogP contribution in [-0.4, -0.2) is 11.0 Å². The molecule has 1 aliphatic rings. The topological polar surface area (TPSA) is 0 Å². The third-order valence-electron chi connectivity index (χ3n) is 1.55. The van der Waals surface area contributed by atoms with Crippen molar-refractivity contribution >= 4 is 15.9 Å². The van der Waals surface area contributed by atoms with Crippen molar-refractivity contribution in [1.82, 2.24) is 0 Å². The van der Waals surface area contributed by atoms with Gasteiger partial charge in [0.2, 0.25) is 0 Å². The zero-order valence-corrected chi connectivity index (χ0v) is 6.33. The van der Waals surface area contributed by atoms with E-state index in [2.05, 4.69) is 15.9 Å². The van der Waals surface area contributed by atoms with E-state index in [1.807, 2.05) is 0 Å². The van der Waals surface area contributed by atoms with Crippen molar-refractivity contribution in [2.24, 2.45) is 0 Å². The van der Waals surface area contributed by atoms with Crippen molar-refractivity contribution in [2.75, 3.05) is 0 Å². The van der Waals surface area contributed by atoms with Gasteiger partial charge < -0.3 is 0 Å². The Morgan fingerprint density at radius 2 is 2.12 bits per heavy atom. The standard InChI is InChI=1S/C6H10BrF/c7-5-2-1-3-6(8)4-5/h5-6H,1-4H2/t5-,6+/m0/s1. The minimum absolute atomic E-state index is 0.450. The summed E-state index contributed by atoms with van der Waals surface area (Å²) in [6.45, 7) is 0. The predicted molar refractivity (Wildman–Crippen MR) is 36.1 cm³/mol. The molecule has 0 heterocycles. The van der Waals surface area contributed by atoms with Crippen LogP contribution in [0.4, 0.5) is 4.39 Å². The summed E-state index contributed by atoms with van der Waals surface area (Å²) in [5.74, 6) is 0. The van der Waals surface area contributed by atoms with Gasteiger partial charge in [-0.2, -0.15) is 0 Å². The van der Waals surface area contributed by atoms with Crippen LogP contribution in [0.1, 0.15) is 25.7 Å². The molecule has 0 saturated heterocycles. The molecule has 1 rings (SSSR count). The Kier molecular flexibility index (Phi) is 2.29. The van der Waals surface area contributed by atoms with Gasteiger partial charge in [-0.3, -0.25) is 0 Å². The highest BCUT2D eigenvalue weighted by molar-refractivity contribution is 9.09. The zero-order chi connectivity index (χ0) is 5.98. The second kappa shape index (κ2) is 2.81. The Hall–Kier alpha value is 0.410. The highest BCUT2D eigenvalue weighted by Gasteiger charge is 2.18. The van der Waals surface area contributed by atoms with Crippen molar-refractivity contribution in [2.45, 2.75) is 36.7 Å². The van der Waals surface area contributed by atoms with Gasteiger partial charge in [0.25, 0.3) is 0 Å². The SMILES string of the molecule is F[C@@H]1CCC[C@H](Br)C1. The van der Waals surface area contributed by atoms with Gasteiger partial charge in [-0.25, -0.2) is 4.39 Å². The number of rotatable bonds is 0. The molecule has 0 nitrogen and oxygen atoms in total. The highest BCUT2D eigenvalue weighted by Crippen LogP contribution is 2.25. The first-order valence-electron chi connectivity index (χ1n) is 3.07. The summed E-state index contributed by atoms with van der Waals surface area (Å²) in [5, 5.41) is 0. The molecule has 0 N–H and O–H groups in total. The molecule has 0 unspecified atom stereocenters. The maximum Gasteiger partial charge on any atom is 0.101 e. The number of alkyl halides is 2. The molecule has 0 aromatic carbocycles. The average molecular weight is 181 g/mol. The lowest BCUT2D eigenvalue weighted by molar-refractivity contribution is 0.257. The molecule has 1 saturated carbocycles. The van der Waals surface area contributed by atoms with E-state index in [4.69, 9.17) is 0 Å². The summed E-state index contributed by atoms with van der Waals surface area (Å²) in [4.78, 5) is 0.450. The van der Waals surface area contributed by atoms with Crippen molar-refractivity contribution in [3.63, 3.8) is 0 Å². The van der Waals surface area contributed by atoms with Crippen LogP contribution in [0.2, 0.25) is 0 Å². The van der Waals surface area contributed by atoms with Crippen molar-refractivity contribution in [3.8, 4) is 0 Å². The van der Waals surface area contributed by atoms with Crippen molar-refractivity contribution < 1.29 is 4.39 Å². The second-order valence-corrected chi connectivity index (χ2v) is 3.66. The van der Waals surface area contributed by atoms with Crippen molar-refractivity contribution in [3.05, 3.63) is 0 Å². The third-order valence-corrected chi connectivity index (χ3v) is 2.38. The van der Waals surface area contributed by atoms with E-state index < -0.39 is 6.17 Å². The molecule has 0 spiro atoms. The highest BCUT2D eigenvalue weighted by atomic mass is 79.9. The quantitative estimate of drug-likeness (QED) is 0.504. The maximum atomic E-state index is 12.4. The Labute approximate surface area is 57.6 Å². The van der Waals surface area contributed by atoms with E-state index >= 15 is 0 Å². The van der Waals surface area contributed by atoms with Gasteiger partial charge in [0.15, 0.2) is 0 Å². The maximum absolute atomic E-state index is 12.4. The summed E-state index contributed by atoms with van der Waals surface area (Å²) in [6, 6.07) is 0. The Morgan fingerprint density at radius 1 is 1.38 bits per heavy atom. The lowest BCUT2D eigenvalue weighted by Gasteiger charge is -2.18. The fourth-order valence-electron chi connectivity index (χ4n) is 1.07. The van der Waals surface area contributed by atoms with Gasteiger partial charge in [-0.1, -0.05) is 15.9 Å². The van der Waals surface area contributed by atoms with Gasteiger partial charge in [-0.15, -0.1) is 0 Å². The first-order valence-corrected chi connectivity index (χ1v) is 3.99. The normalized spacial score (nSPS) is 39.8. The van der Waals surface area contributed by atoms with Gasteiger partial charge in [0, 0.05) is 4.83 Å². The Balaban J connectivity index is 2.23. The fourth-order valence-corrected chi connectivity index (χ4v) is 1.80. The van der Waals surface area contributed by atoms with Gasteiger partial charge in [-0.05, 0) is 25.7 Å². The molecule has 2 heteroatoms. The molecular weight excluding hydrogens is 171 g/mol. The van der Waals surface area contributed by atoms with Crippen molar-refractivity contribution in [1.29, 1.82) is 0 Å². The van der Waals surface area contributed by atoms with Crippen LogP contribution in [0.15, 0.2) is 0 Å². The third kappa shape index (κ3) is 1.73. The van der Waals surface area contributed by atoms with Crippen LogP contribution in [0.25, 0.3) is 0 Å². The van der Waals surface area contributed by atoms with E-state index in [0.717, 1.165) is 25.7 Å².